The third-order valence-electron chi connectivity index (χ3n) is 4.44. The maximum Gasteiger partial charge on any atom is 0.247 e. The van der Waals surface area contributed by atoms with E-state index in [0.717, 1.165) is 33.6 Å². The van der Waals surface area contributed by atoms with E-state index in [1.165, 1.54) is 4.88 Å². The second-order valence-electron chi connectivity index (χ2n) is 6.50. The molecule has 4 rings (SSSR count). The monoisotopic (exact) mass is 379 g/mol. The van der Waals surface area contributed by atoms with Gasteiger partial charge in [-0.25, -0.2) is 0 Å². The molecule has 0 fully saturated rings. The molecule has 0 aliphatic heterocycles. The number of para-hydroxylation sites is 1. The number of rotatable bonds is 5. The summed E-state index contributed by atoms with van der Waals surface area (Å²) in [6, 6.07) is 12.1. The second kappa shape index (κ2) is 7.00. The van der Waals surface area contributed by atoms with E-state index >= 15 is 0 Å². The summed E-state index contributed by atoms with van der Waals surface area (Å²) in [5.41, 5.74) is 3.01. The highest BCUT2D eigenvalue weighted by atomic mass is 32.1. The number of anilines is 1. The van der Waals surface area contributed by atoms with Crippen molar-refractivity contribution < 1.29 is 4.79 Å². The van der Waals surface area contributed by atoms with Crippen molar-refractivity contribution in [3.8, 4) is 10.6 Å². The molecule has 1 amide bonds. The molecule has 0 atom stereocenters. The van der Waals surface area contributed by atoms with Gasteiger partial charge in [0.05, 0.1) is 10.4 Å². The fourth-order valence-electron chi connectivity index (χ4n) is 3.19. The lowest BCUT2D eigenvalue weighted by molar-refractivity contribution is -0.116. The summed E-state index contributed by atoms with van der Waals surface area (Å²) in [5.74, 6) is 0.452. The maximum absolute atomic E-state index is 12.6. The molecule has 4 aromatic rings. The molecule has 0 spiro atoms. The van der Waals surface area contributed by atoms with Crippen molar-refractivity contribution in [2.75, 3.05) is 5.32 Å². The van der Waals surface area contributed by atoms with Gasteiger partial charge in [0.25, 0.3) is 0 Å². The largest absolute Gasteiger partial charge is 0.307 e. The molecular weight excluding hydrogens is 358 g/mol. The molecule has 138 valence electrons. The van der Waals surface area contributed by atoms with E-state index in [4.69, 9.17) is 0 Å². The average molecular weight is 379 g/mol. The number of hydrogen-bond acceptors (Lipinski definition) is 4. The van der Waals surface area contributed by atoms with E-state index in [0.29, 0.717) is 5.82 Å². The van der Waals surface area contributed by atoms with Crippen LogP contribution in [-0.2, 0) is 17.9 Å². The van der Waals surface area contributed by atoms with E-state index in [1.54, 1.807) is 16.0 Å². The number of fused-ring (bicyclic) bond motifs is 1. The van der Waals surface area contributed by atoms with Crippen molar-refractivity contribution in [3.63, 3.8) is 0 Å². The molecule has 0 unspecified atom stereocenters. The van der Waals surface area contributed by atoms with Gasteiger partial charge in [0.1, 0.15) is 12.2 Å². The van der Waals surface area contributed by atoms with Gasteiger partial charge in [0.15, 0.2) is 5.82 Å². The molecule has 1 aromatic carbocycles. The third kappa shape index (κ3) is 3.38. The first kappa shape index (κ1) is 17.5. The SMILES string of the molecule is CCn1nc(NC(=O)Cn2cc(C)c(-c3ccc(C)s3)n2)c2ccccc21. The molecule has 0 saturated carbocycles. The van der Waals surface area contributed by atoms with Crippen LogP contribution >= 0.6 is 11.3 Å². The molecule has 1 N–H and O–H groups in total. The van der Waals surface area contributed by atoms with Crippen molar-refractivity contribution in [2.24, 2.45) is 0 Å². The first-order valence-corrected chi connectivity index (χ1v) is 9.73. The number of nitrogens with one attached hydrogen (secondary N) is 1. The van der Waals surface area contributed by atoms with Crippen LogP contribution in [0.3, 0.4) is 0 Å². The Morgan fingerprint density at radius 3 is 2.70 bits per heavy atom. The molecule has 3 heterocycles. The Bertz CT molecular complexity index is 1120. The van der Waals surface area contributed by atoms with Crippen LogP contribution in [0.5, 0.6) is 0 Å². The van der Waals surface area contributed by atoms with E-state index in [9.17, 15) is 4.79 Å². The van der Waals surface area contributed by atoms with Gasteiger partial charge in [0.2, 0.25) is 5.91 Å². The van der Waals surface area contributed by atoms with E-state index in [2.05, 4.69) is 34.6 Å². The Morgan fingerprint density at radius 1 is 1.15 bits per heavy atom. The number of nitrogens with zero attached hydrogens (tertiary/aromatic N) is 4. The molecular formula is C20H21N5OS. The van der Waals surface area contributed by atoms with Gasteiger partial charge in [-0.2, -0.15) is 10.2 Å². The second-order valence-corrected chi connectivity index (χ2v) is 7.79. The van der Waals surface area contributed by atoms with Crippen molar-refractivity contribution in [3.05, 3.63) is 53.0 Å². The van der Waals surface area contributed by atoms with Crippen LogP contribution in [0.4, 0.5) is 5.82 Å². The van der Waals surface area contributed by atoms with Crippen LogP contribution in [0.1, 0.15) is 17.4 Å². The van der Waals surface area contributed by atoms with Gasteiger partial charge in [0, 0.05) is 23.0 Å². The number of amides is 1. The predicted molar refractivity (Wildman–Crippen MR) is 109 cm³/mol. The number of carbonyl (C=O) groups excluding carboxylic acids is 1. The normalized spacial score (nSPS) is 11.2. The highest BCUT2D eigenvalue weighted by molar-refractivity contribution is 7.15. The minimum atomic E-state index is -0.141. The summed E-state index contributed by atoms with van der Waals surface area (Å²) in [4.78, 5) is 14.9. The summed E-state index contributed by atoms with van der Waals surface area (Å²) >= 11 is 1.71. The fourth-order valence-corrected chi connectivity index (χ4v) is 4.10. The molecule has 0 bridgehead atoms. The summed E-state index contributed by atoms with van der Waals surface area (Å²) < 4.78 is 3.58. The van der Waals surface area contributed by atoms with Crippen LogP contribution in [0, 0.1) is 13.8 Å². The molecule has 0 aliphatic rings. The number of hydrogen-bond donors (Lipinski definition) is 1. The zero-order valence-corrected chi connectivity index (χ0v) is 16.4. The summed E-state index contributed by atoms with van der Waals surface area (Å²) in [6.07, 6.45) is 1.91. The van der Waals surface area contributed by atoms with Gasteiger partial charge in [-0.05, 0) is 50.6 Å². The van der Waals surface area contributed by atoms with E-state index in [-0.39, 0.29) is 12.5 Å². The minimum Gasteiger partial charge on any atom is -0.307 e. The third-order valence-corrected chi connectivity index (χ3v) is 5.45. The lowest BCUT2D eigenvalue weighted by Crippen LogP contribution is -2.19. The molecule has 7 heteroatoms. The summed E-state index contributed by atoms with van der Waals surface area (Å²) in [6.45, 7) is 7.03. The molecule has 6 nitrogen and oxygen atoms in total. The van der Waals surface area contributed by atoms with Gasteiger partial charge in [-0.3, -0.25) is 14.2 Å². The highest BCUT2D eigenvalue weighted by Crippen LogP contribution is 2.29. The zero-order valence-electron chi connectivity index (χ0n) is 15.6. The smallest absolute Gasteiger partial charge is 0.247 e. The minimum absolute atomic E-state index is 0.141. The Kier molecular flexibility index (Phi) is 4.53. The number of benzene rings is 1. The Balaban J connectivity index is 1.54. The van der Waals surface area contributed by atoms with Gasteiger partial charge < -0.3 is 5.32 Å². The van der Waals surface area contributed by atoms with Crippen molar-refractivity contribution in [1.82, 2.24) is 19.6 Å². The Hall–Kier alpha value is -2.93. The summed E-state index contributed by atoms with van der Waals surface area (Å²) in [7, 11) is 0. The first-order chi connectivity index (χ1) is 13.0. The molecule has 0 radical (unpaired) electrons. The number of thiophene rings is 1. The fraction of sp³-hybridized carbons (Fsp3) is 0.250. The Morgan fingerprint density at radius 2 is 1.96 bits per heavy atom. The molecule has 3 aromatic heterocycles. The van der Waals surface area contributed by atoms with Crippen molar-refractivity contribution in [2.45, 2.75) is 33.9 Å². The first-order valence-electron chi connectivity index (χ1n) is 8.91. The quantitative estimate of drug-likeness (QED) is 0.564. The summed E-state index contributed by atoms with van der Waals surface area (Å²) in [5, 5.41) is 13.0. The lowest BCUT2D eigenvalue weighted by Gasteiger charge is -2.03. The number of aryl methyl sites for hydroxylation is 3. The van der Waals surface area contributed by atoms with Gasteiger partial charge in [-0.1, -0.05) is 12.1 Å². The predicted octanol–water partition coefficient (Wildman–Crippen LogP) is 4.24. The van der Waals surface area contributed by atoms with Crippen LogP contribution in [-0.4, -0.2) is 25.5 Å². The standard InChI is InChI=1S/C20H21N5OS/c1-4-25-16-8-6-5-7-15(16)20(23-25)21-18(26)12-24-11-13(2)19(22-24)17-10-9-14(3)27-17/h5-11H,4,12H2,1-3H3,(H,21,23,26). The molecule has 27 heavy (non-hydrogen) atoms. The molecule has 0 aliphatic carbocycles. The van der Waals surface area contributed by atoms with Crippen LogP contribution < -0.4 is 5.32 Å². The maximum atomic E-state index is 12.6. The van der Waals surface area contributed by atoms with Gasteiger partial charge in [-0.15, -0.1) is 11.3 Å². The van der Waals surface area contributed by atoms with E-state index < -0.39 is 0 Å². The molecule has 0 saturated heterocycles. The van der Waals surface area contributed by atoms with Crippen molar-refractivity contribution in [1.29, 1.82) is 0 Å². The number of carbonyl (C=O) groups is 1. The highest BCUT2D eigenvalue weighted by Gasteiger charge is 2.15. The number of aromatic nitrogens is 4. The van der Waals surface area contributed by atoms with Crippen molar-refractivity contribution >= 4 is 34.0 Å². The van der Waals surface area contributed by atoms with Crippen LogP contribution in [0.2, 0.25) is 0 Å². The van der Waals surface area contributed by atoms with Crippen LogP contribution in [0.25, 0.3) is 21.5 Å². The lowest BCUT2D eigenvalue weighted by atomic mass is 10.2. The average Bonchev–Trinajstić information content (AvgIpc) is 3.33. The topological polar surface area (TPSA) is 64.7 Å². The zero-order chi connectivity index (χ0) is 19.0. The Labute approximate surface area is 161 Å². The van der Waals surface area contributed by atoms with E-state index in [1.807, 2.05) is 49.0 Å². The van der Waals surface area contributed by atoms with Gasteiger partial charge >= 0.3 is 0 Å². The van der Waals surface area contributed by atoms with Crippen LogP contribution in [0.15, 0.2) is 42.6 Å².